The number of benzene rings is 1. The van der Waals surface area contributed by atoms with Crippen LogP contribution in [0.1, 0.15) is 24.0 Å². The largest absolute Gasteiger partial charge is 0.468 e. The smallest absolute Gasteiger partial charge is 0.319 e. The number of hydrazone groups is 1. The van der Waals surface area contributed by atoms with Crippen LogP contribution in [-0.4, -0.2) is 35.6 Å². The molecule has 0 spiro atoms. The highest BCUT2D eigenvalue weighted by atomic mass is 16.5. The number of ether oxygens (including phenoxy) is 1. The number of hydrogen-bond acceptors (Lipinski definition) is 6. The van der Waals surface area contributed by atoms with Gasteiger partial charge < -0.3 is 4.74 Å². The Hall–Kier alpha value is -2.96. The van der Waals surface area contributed by atoms with E-state index in [0.717, 1.165) is 5.56 Å². The molecule has 1 aliphatic rings. The van der Waals surface area contributed by atoms with Crippen molar-refractivity contribution in [2.45, 2.75) is 19.4 Å². The van der Waals surface area contributed by atoms with Crippen molar-refractivity contribution in [2.75, 3.05) is 19.2 Å². The summed E-state index contributed by atoms with van der Waals surface area (Å²) in [5.74, 6) is -1.31. The number of aromatic nitrogens is 2. The topological polar surface area (TPSA) is 76.8 Å². The van der Waals surface area contributed by atoms with Crippen LogP contribution in [0.4, 0.5) is 5.69 Å². The highest BCUT2D eigenvalue weighted by Crippen LogP contribution is 2.30. The van der Waals surface area contributed by atoms with Crippen LogP contribution in [0.2, 0.25) is 0 Å². The fraction of sp³-hybridized carbons (Fsp3) is 0.294. The molecule has 24 heavy (non-hydrogen) atoms. The molecule has 0 aliphatic carbocycles. The first-order chi connectivity index (χ1) is 11.5. The molecular formula is C17H18N4O3. The molecule has 7 heteroatoms. The van der Waals surface area contributed by atoms with E-state index in [-0.39, 0.29) is 5.56 Å². The van der Waals surface area contributed by atoms with Gasteiger partial charge in [-0.2, -0.15) is 10.2 Å². The molecule has 2 aromatic rings. The van der Waals surface area contributed by atoms with E-state index in [1.54, 1.807) is 25.2 Å². The minimum absolute atomic E-state index is 0.312. The minimum Gasteiger partial charge on any atom is -0.468 e. The molecule has 3 rings (SSSR count). The van der Waals surface area contributed by atoms with Crippen LogP contribution in [0.15, 0.2) is 46.4 Å². The number of anilines is 1. The third kappa shape index (κ3) is 2.68. The summed E-state index contributed by atoms with van der Waals surface area (Å²) in [5.41, 5.74) is 2.03. The lowest BCUT2D eigenvalue weighted by molar-refractivity contribution is -0.140. The van der Waals surface area contributed by atoms with Gasteiger partial charge in [-0.05, 0) is 12.5 Å². The summed E-state index contributed by atoms with van der Waals surface area (Å²) >= 11 is 0. The van der Waals surface area contributed by atoms with Crippen molar-refractivity contribution < 1.29 is 9.53 Å². The monoisotopic (exact) mass is 326 g/mol. The van der Waals surface area contributed by atoms with Crippen LogP contribution < -0.4 is 10.6 Å². The van der Waals surface area contributed by atoms with Gasteiger partial charge in [-0.25, -0.2) is 4.68 Å². The molecule has 0 amide bonds. The highest BCUT2D eigenvalue weighted by molar-refractivity contribution is 6.08. The molecule has 1 unspecified atom stereocenters. The second-order valence-corrected chi connectivity index (χ2v) is 5.61. The van der Waals surface area contributed by atoms with Crippen molar-refractivity contribution in [3.63, 3.8) is 0 Å². The fourth-order valence-electron chi connectivity index (χ4n) is 2.86. The molecule has 1 atom stereocenters. The number of fused-ring (bicyclic) bond motifs is 1. The van der Waals surface area contributed by atoms with E-state index in [2.05, 4.69) is 10.2 Å². The Morgan fingerprint density at radius 3 is 2.67 bits per heavy atom. The predicted octanol–water partition coefficient (Wildman–Crippen LogP) is 1.37. The van der Waals surface area contributed by atoms with Crippen molar-refractivity contribution >= 4 is 17.4 Å². The maximum atomic E-state index is 13.0. The first-order valence-electron chi connectivity index (χ1n) is 7.53. The summed E-state index contributed by atoms with van der Waals surface area (Å²) in [6, 6.07) is 9.56. The van der Waals surface area contributed by atoms with Gasteiger partial charge in [-0.15, -0.1) is 0 Å². The van der Waals surface area contributed by atoms with Crippen molar-refractivity contribution in [3.8, 4) is 0 Å². The molecule has 124 valence electrons. The van der Waals surface area contributed by atoms with E-state index in [1.807, 2.05) is 30.3 Å². The van der Waals surface area contributed by atoms with Gasteiger partial charge in [-0.3, -0.25) is 14.6 Å². The van der Waals surface area contributed by atoms with E-state index < -0.39 is 11.9 Å². The molecule has 1 aromatic carbocycles. The Labute approximate surface area is 139 Å². The van der Waals surface area contributed by atoms with Crippen LogP contribution in [0, 0.1) is 0 Å². The second-order valence-electron chi connectivity index (χ2n) is 5.61. The number of carbonyl (C=O) groups excluding carboxylic acids is 1. The summed E-state index contributed by atoms with van der Waals surface area (Å²) in [6.07, 6.45) is 1.56. The molecule has 0 bridgehead atoms. The number of nitrogens with zero attached hydrogens (tertiary/aromatic N) is 4. The van der Waals surface area contributed by atoms with Crippen molar-refractivity contribution in [1.29, 1.82) is 0 Å². The van der Waals surface area contributed by atoms with Crippen LogP contribution in [-0.2, 0) is 16.1 Å². The van der Waals surface area contributed by atoms with Gasteiger partial charge in [0.1, 0.15) is 5.92 Å². The Kier molecular flexibility index (Phi) is 4.16. The average Bonchev–Trinajstić information content (AvgIpc) is 2.58. The standard InChI is InChI=1S/C17H18N4O3/c1-11-14(17(23)24-3)15-13(20(2)19-11)9-18-21(16(15)22)10-12-7-5-4-6-8-12/h4-9,14H,10H2,1-3H3. The first kappa shape index (κ1) is 15.9. The van der Waals surface area contributed by atoms with Crippen LogP contribution in [0.5, 0.6) is 0 Å². The first-order valence-corrected chi connectivity index (χ1v) is 7.53. The van der Waals surface area contributed by atoms with Crippen molar-refractivity contribution in [1.82, 2.24) is 9.78 Å². The molecule has 0 radical (unpaired) electrons. The zero-order chi connectivity index (χ0) is 17.3. The normalized spacial score (nSPS) is 16.4. The SMILES string of the molecule is COC(=O)C1C(C)=NN(C)c2cnn(Cc3ccccc3)c(=O)c21. The Balaban J connectivity index is 2.11. The third-order valence-corrected chi connectivity index (χ3v) is 4.04. The molecule has 1 aromatic heterocycles. The Morgan fingerprint density at radius 1 is 1.29 bits per heavy atom. The van der Waals surface area contributed by atoms with E-state index in [9.17, 15) is 9.59 Å². The number of rotatable bonds is 3. The summed E-state index contributed by atoms with van der Waals surface area (Å²) in [4.78, 5) is 25.1. The van der Waals surface area contributed by atoms with E-state index >= 15 is 0 Å². The Morgan fingerprint density at radius 2 is 2.00 bits per heavy atom. The van der Waals surface area contributed by atoms with Gasteiger partial charge in [0.2, 0.25) is 0 Å². The van der Waals surface area contributed by atoms with Gasteiger partial charge >= 0.3 is 5.97 Å². The van der Waals surface area contributed by atoms with Crippen LogP contribution in [0.25, 0.3) is 0 Å². The summed E-state index contributed by atoms with van der Waals surface area (Å²) in [7, 11) is 3.02. The van der Waals surface area contributed by atoms with E-state index in [4.69, 9.17) is 4.74 Å². The number of methoxy groups -OCH3 is 1. The summed E-state index contributed by atoms with van der Waals surface area (Å²) in [6.45, 7) is 2.04. The lowest BCUT2D eigenvalue weighted by Crippen LogP contribution is -2.38. The van der Waals surface area contributed by atoms with Gasteiger partial charge in [0, 0.05) is 7.05 Å². The Bertz CT molecular complexity index is 858. The quantitative estimate of drug-likeness (QED) is 0.796. The zero-order valence-corrected chi connectivity index (χ0v) is 13.8. The molecule has 7 nitrogen and oxygen atoms in total. The van der Waals surface area contributed by atoms with Crippen molar-refractivity contribution in [3.05, 3.63) is 58.0 Å². The molecule has 0 fully saturated rings. The third-order valence-electron chi connectivity index (χ3n) is 4.04. The van der Waals surface area contributed by atoms with E-state index in [1.165, 1.54) is 11.8 Å². The lowest BCUT2D eigenvalue weighted by Gasteiger charge is -2.27. The minimum atomic E-state index is -0.807. The number of esters is 1. The van der Waals surface area contributed by atoms with Crippen molar-refractivity contribution in [2.24, 2.45) is 5.10 Å². The fourth-order valence-corrected chi connectivity index (χ4v) is 2.86. The number of carbonyl (C=O) groups is 1. The van der Waals surface area contributed by atoms with Gasteiger partial charge in [0.25, 0.3) is 5.56 Å². The summed E-state index contributed by atoms with van der Waals surface area (Å²) in [5, 5.41) is 10.1. The van der Waals surface area contributed by atoms with Crippen LogP contribution in [0.3, 0.4) is 0 Å². The average molecular weight is 326 g/mol. The second kappa shape index (κ2) is 6.27. The number of hydrogen-bond donors (Lipinski definition) is 0. The van der Waals surface area contributed by atoms with Gasteiger partial charge in [0.15, 0.2) is 0 Å². The molecule has 0 saturated heterocycles. The molecule has 1 aliphatic heterocycles. The summed E-state index contributed by atoms with van der Waals surface area (Å²) < 4.78 is 6.22. The maximum absolute atomic E-state index is 13.0. The van der Waals surface area contributed by atoms with E-state index in [0.29, 0.717) is 23.5 Å². The molecule has 0 saturated carbocycles. The molecule has 2 heterocycles. The maximum Gasteiger partial charge on any atom is 0.319 e. The predicted molar refractivity (Wildman–Crippen MR) is 90.3 cm³/mol. The zero-order valence-electron chi connectivity index (χ0n) is 13.8. The van der Waals surface area contributed by atoms with Gasteiger partial charge in [-0.1, -0.05) is 30.3 Å². The van der Waals surface area contributed by atoms with Crippen LogP contribution >= 0.6 is 0 Å². The lowest BCUT2D eigenvalue weighted by atomic mass is 9.93. The molecule has 0 N–H and O–H groups in total. The van der Waals surface area contributed by atoms with Gasteiger partial charge in [0.05, 0.1) is 36.8 Å². The molecular weight excluding hydrogens is 308 g/mol. The highest BCUT2D eigenvalue weighted by Gasteiger charge is 2.35.